The number of hydrogen-bond acceptors (Lipinski definition) is 2. The molecule has 24 heavy (non-hydrogen) atoms. The van der Waals surface area contributed by atoms with E-state index >= 15 is 0 Å². The molecule has 3 rings (SSSR count). The summed E-state index contributed by atoms with van der Waals surface area (Å²) in [7, 11) is 1.77. The van der Waals surface area contributed by atoms with Gasteiger partial charge in [-0.15, -0.1) is 0 Å². The minimum absolute atomic E-state index is 0.242. The highest BCUT2D eigenvalue weighted by Gasteiger charge is 2.44. The van der Waals surface area contributed by atoms with E-state index in [4.69, 9.17) is 0 Å². The van der Waals surface area contributed by atoms with Crippen molar-refractivity contribution in [2.75, 3.05) is 0 Å². The molecule has 0 radical (unpaired) electrons. The maximum absolute atomic E-state index is 13.0. The van der Waals surface area contributed by atoms with Crippen LogP contribution >= 0.6 is 0 Å². The average Bonchev–Trinajstić information content (AvgIpc) is 3.15. The van der Waals surface area contributed by atoms with Crippen LogP contribution in [0.2, 0.25) is 0 Å². The van der Waals surface area contributed by atoms with E-state index in [1.54, 1.807) is 36.3 Å². The standard InChI is InChI=1S/C17H16F3N3O/c1-23-10-11(9-21-23)6-7-16(24)22-15-8-13(15)12-4-2-3-5-14(12)17(18,19)20/h2-7,9-10,13,15H,8H2,1H3,(H,22,24). The highest BCUT2D eigenvalue weighted by molar-refractivity contribution is 5.92. The second kappa shape index (κ2) is 6.14. The van der Waals surface area contributed by atoms with E-state index in [-0.39, 0.29) is 23.4 Å². The van der Waals surface area contributed by atoms with Gasteiger partial charge in [0.1, 0.15) is 0 Å². The van der Waals surface area contributed by atoms with Crippen LogP contribution in [0, 0.1) is 0 Å². The van der Waals surface area contributed by atoms with Crippen molar-refractivity contribution >= 4 is 12.0 Å². The van der Waals surface area contributed by atoms with Gasteiger partial charge in [-0.2, -0.15) is 18.3 Å². The van der Waals surface area contributed by atoms with Gasteiger partial charge in [-0.1, -0.05) is 18.2 Å². The molecule has 0 spiro atoms. The second-order valence-electron chi connectivity index (χ2n) is 5.82. The third-order valence-corrected chi connectivity index (χ3v) is 3.94. The predicted octanol–water partition coefficient (Wildman–Crippen LogP) is 3.12. The molecule has 1 aliphatic carbocycles. The largest absolute Gasteiger partial charge is 0.416 e. The van der Waals surface area contributed by atoms with Crippen molar-refractivity contribution in [1.82, 2.24) is 15.1 Å². The number of amides is 1. The molecule has 1 fully saturated rings. The van der Waals surface area contributed by atoms with Gasteiger partial charge in [0.15, 0.2) is 0 Å². The molecule has 1 aromatic heterocycles. The van der Waals surface area contributed by atoms with Gasteiger partial charge in [0, 0.05) is 36.8 Å². The molecule has 2 unspecified atom stereocenters. The van der Waals surface area contributed by atoms with Crippen molar-refractivity contribution in [3.63, 3.8) is 0 Å². The highest BCUT2D eigenvalue weighted by Crippen LogP contribution is 2.46. The normalized spacial score (nSPS) is 20.3. The molecule has 4 nitrogen and oxygen atoms in total. The molecule has 1 amide bonds. The van der Waals surface area contributed by atoms with Crippen molar-refractivity contribution in [2.24, 2.45) is 7.05 Å². The Morgan fingerprint density at radius 2 is 2.12 bits per heavy atom. The molecule has 1 heterocycles. The molecule has 0 saturated heterocycles. The van der Waals surface area contributed by atoms with Crippen molar-refractivity contribution in [1.29, 1.82) is 0 Å². The van der Waals surface area contributed by atoms with Crippen LogP contribution in [-0.2, 0) is 18.0 Å². The second-order valence-corrected chi connectivity index (χ2v) is 5.82. The molecule has 1 aliphatic rings. The Kier molecular flexibility index (Phi) is 4.17. The van der Waals surface area contributed by atoms with Gasteiger partial charge >= 0.3 is 6.18 Å². The average molecular weight is 335 g/mol. The highest BCUT2D eigenvalue weighted by atomic mass is 19.4. The first-order valence-electron chi connectivity index (χ1n) is 7.48. The molecule has 7 heteroatoms. The van der Waals surface area contributed by atoms with Crippen LogP contribution in [-0.4, -0.2) is 21.7 Å². The summed E-state index contributed by atoms with van der Waals surface area (Å²) < 4.78 is 40.7. The Bertz CT molecular complexity index is 779. The zero-order valence-corrected chi connectivity index (χ0v) is 12.9. The topological polar surface area (TPSA) is 46.9 Å². The van der Waals surface area contributed by atoms with E-state index in [2.05, 4.69) is 10.4 Å². The van der Waals surface area contributed by atoms with Crippen molar-refractivity contribution in [3.8, 4) is 0 Å². The van der Waals surface area contributed by atoms with Gasteiger partial charge in [0.2, 0.25) is 5.91 Å². The summed E-state index contributed by atoms with van der Waals surface area (Å²) in [5.74, 6) is -0.616. The smallest absolute Gasteiger partial charge is 0.349 e. The number of carbonyl (C=O) groups is 1. The SMILES string of the molecule is Cn1cc(C=CC(=O)NC2CC2c2ccccc2C(F)(F)F)cn1. The summed E-state index contributed by atoms with van der Waals surface area (Å²) in [6.07, 6.45) is 2.48. The molecule has 0 aliphatic heterocycles. The number of rotatable bonds is 4. The Labute approximate surface area is 137 Å². The van der Waals surface area contributed by atoms with Gasteiger partial charge in [0.25, 0.3) is 0 Å². The zero-order chi connectivity index (χ0) is 17.3. The van der Waals surface area contributed by atoms with Crippen LogP contribution in [0.4, 0.5) is 13.2 Å². The molecular weight excluding hydrogens is 319 g/mol. The number of alkyl halides is 3. The number of nitrogens with zero attached hydrogens (tertiary/aromatic N) is 2. The third kappa shape index (κ3) is 3.67. The van der Waals surface area contributed by atoms with Crippen LogP contribution < -0.4 is 5.32 Å². The number of benzene rings is 1. The van der Waals surface area contributed by atoms with E-state index < -0.39 is 11.7 Å². The summed E-state index contributed by atoms with van der Waals surface area (Å²) in [6, 6.07) is 5.25. The quantitative estimate of drug-likeness (QED) is 0.873. The van der Waals surface area contributed by atoms with Gasteiger partial charge in [0.05, 0.1) is 11.8 Å². The van der Waals surface area contributed by atoms with E-state index in [1.807, 2.05) is 0 Å². The van der Waals surface area contributed by atoms with Gasteiger partial charge < -0.3 is 5.32 Å². The fraction of sp³-hybridized carbons (Fsp3) is 0.294. The Balaban J connectivity index is 1.62. The third-order valence-electron chi connectivity index (χ3n) is 3.94. The van der Waals surface area contributed by atoms with Gasteiger partial charge in [-0.3, -0.25) is 9.48 Å². The van der Waals surface area contributed by atoms with E-state index in [0.29, 0.717) is 6.42 Å². The molecule has 2 aromatic rings. The molecule has 1 N–H and O–H groups in total. The first-order valence-corrected chi connectivity index (χ1v) is 7.48. The Hall–Kier alpha value is -2.57. The summed E-state index contributed by atoms with van der Waals surface area (Å²) in [6.45, 7) is 0. The molecule has 1 aromatic carbocycles. The Morgan fingerprint density at radius 3 is 2.79 bits per heavy atom. The molecular formula is C17H16F3N3O. The molecule has 1 saturated carbocycles. The first-order chi connectivity index (χ1) is 11.3. The lowest BCUT2D eigenvalue weighted by molar-refractivity contribution is -0.138. The lowest BCUT2D eigenvalue weighted by Crippen LogP contribution is -2.24. The Morgan fingerprint density at radius 1 is 1.38 bits per heavy atom. The van der Waals surface area contributed by atoms with Crippen molar-refractivity contribution in [2.45, 2.75) is 24.6 Å². The number of aryl methyl sites for hydroxylation is 1. The molecule has 126 valence electrons. The lowest BCUT2D eigenvalue weighted by Gasteiger charge is -2.12. The molecule has 0 bridgehead atoms. The summed E-state index contributed by atoms with van der Waals surface area (Å²) in [4.78, 5) is 11.9. The minimum Gasteiger partial charge on any atom is -0.349 e. The van der Waals surface area contributed by atoms with Crippen molar-refractivity contribution < 1.29 is 18.0 Å². The van der Waals surface area contributed by atoms with Gasteiger partial charge in [-0.05, 0) is 24.1 Å². The van der Waals surface area contributed by atoms with Crippen LogP contribution in [0.3, 0.4) is 0 Å². The minimum atomic E-state index is -4.38. The number of hydrogen-bond donors (Lipinski definition) is 1. The fourth-order valence-corrected chi connectivity index (χ4v) is 2.71. The predicted molar refractivity (Wildman–Crippen MR) is 83.0 cm³/mol. The summed E-state index contributed by atoms with van der Waals surface area (Å²) in [5, 5.41) is 6.72. The van der Waals surface area contributed by atoms with Crippen LogP contribution in [0.5, 0.6) is 0 Å². The fourth-order valence-electron chi connectivity index (χ4n) is 2.71. The zero-order valence-electron chi connectivity index (χ0n) is 12.9. The monoisotopic (exact) mass is 335 g/mol. The molecule has 2 atom stereocenters. The van der Waals surface area contributed by atoms with E-state index in [0.717, 1.165) is 11.6 Å². The van der Waals surface area contributed by atoms with Gasteiger partial charge in [-0.25, -0.2) is 0 Å². The maximum Gasteiger partial charge on any atom is 0.416 e. The van der Waals surface area contributed by atoms with E-state index in [1.165, 1.54) is 18.2 Å². The summed E-state index contributed by atoms with van der Waals surface area (Å²) in [5.41, 5.74) is 0.395. The number of carbonyl (C=O) groups excluding carboxylic acids is 1. The number of aromatic nitrogens is 2. The van der Waals surface area contributed by atoms with Crippen LogP contribution in [0.1, 0.15) is 29.0 Å². The van der Waals surface area contributed by atoms with Crippen LogP contribution in [0.25, 0.3) is 6.08 Å². The van der Waals surface area contributed by atoms with E-state index in [9.17, 15) is 18.0 Å². The van der Waals surface area contributed by atoms with Crippen molar-refractivity contribution in [3.05, 3.63) is 59.4 Å². The number of nitrogens with one attached hydrogen (secondary N) is 1. The van der Waals surface area contributed by atoms with Crippen LogP contribution in [0.15, 0.2) is 42.7 Å². The summed E-state index contributed by atoms with van der Waals surface area (Å²) >= 11 is 0. The first kappa shape index (κ1) is 16.3. The lowest BCUT2D eigenvalue weighted by atomic mass is 10.0. The number of halogens is 3. The maximum atomic E-state index is 13.0.